The molecule has 0 aliphatic heterocycles. The van der Waals surface area contributed by atoms with E-state index in [1.54, 1.807) is 0 Å². The predicted molar refractivity (Wildman–Crippen MR) is 100.0 cm³/mol. The van der Waals surface area contributed by atoms with E-state index in [0.29, 0.717) is 5.92 Å². The average Bonchev–Trinajstić information content (AvgIpc) is 3.13. The van der Waals surface area contributed by atoms with Crippen molar-refractivity contribution >= 4 is 0 Å². The van der Waals surface area contributed by atoms with Gasteiger partial charge in [-0.25, -0.2) is 4.98 Å². The molecule has 0 radical (unpaired) electrons. The zero-order chi connectivity index (χ0) is 16.6. The number of aryl methyl sites for hydroxylation is 3. The number of rotatable bonds is 8. The number of aromatic nitrogens is 2. The molecule has 1 heterocycles. The van der Waals surface area contributed by atoms with Crippen molar-refractivity contribution in [1.82, 2.24) is 9.55 Å². The van der Waals surface area contributed by atoms with Crippen LogP contribution in [0.5, 0.6) is 0 Å². The van der Waals surface area contributed by atoms with Crippen molar-refractivity contribution < 1.29 is 0 Å². The first-order valence-corrected chi connectivity index (χ1v) is 8.85. The van der Waals surface area contributed by atoms with E-state index in [1.807, 2.05) is 12.5 Å². The van der Waals surface area contributed by atoms with Crippen LogP contribution in [0.2, 0.25) is 0 Å². The second-order valence-corrected chi connectivity index (χ2v) is 6.67. The number of imidazole rings is 1. The predicted octanol–water partition coefficient (Wildman–Crippen LogP) is 5.07. The van der Waals surface area contributed by atoms with Gasteiger partial charge in [-0.15, -0.1) is 0 Å². The average molecular weight is 318 g/mol. The minimum absolute atomic E-state index is 0.667. The Morgan fingerprint density at radius 1 is 0.875 bits per heavy atom. The van der Waals surface area contributed by atoms with Crippen LogP contribution in [0.1, 0.15) is 29.5 Å². The third-order valence-electron chi connectivity index (χ3n) is 4.67. The van der Waals surface area contributed by atoms with Crippen LogP contribution in [0.4, 0.5) is 0 Å². The topological polar surface area (TPSA) is 17.8 Å². The van der Waals surface area contributed by atoms with E-state index in [0.717, 1.165) is 19.4 Å². The fourth-order valence-electron chi connectivity index (χ4n) is 3.16. The monoisotopic (exact) mass is 318 g/mol. The van der Waals surface area contributed by atoms with E-state index >= 15 is 0 Å². The highest BCUT2D eigenvalue weighted by Gasteiger charge is 2.10. The summed E-state index contributed by atoms with van der Waals surface area (Å²) in [7, 11) is 0. The van der Waals surface area contributed by atoms with Crippen molar-refractivity contribution in [2.75, 3.05) is 0 Å². The van der Waals surface area contributed by atoms with Gasteiger partial charge in [0.1, 0.15) is 0 Å². The molecule has 1 aromatic heterocycles. The molecule has 124 valence electrons. The lowest BCUT2D eigenvalue weighted by atomic mass is 9.93. The summed E-state index contributed by atoms with van der Waals surface area (Å²) in [5.74, 6) is 0.667. The summed E-state index contributed by atoms with van der Waals surface area (Å²) in [6, 6.07) is 19.8. The Labute approximate surface area is 145 Å². The van der Waals surface area contributed by atoms with Crippen LogP contribution < -0.4 is 0 Å². The lowest BCUT2D eigenvalue weighted by Gasteiger charge is -2.18. The lowest BCUT2D eigenvalue weighted by molar-refractivity contribution is 0.388. The molecule has 2 nitrogen and oxygen atoms in total. The van der Waals surface area contributed by atoms with Crippen LogP contribution in [0.25, 0.3) is 0 Å². The molecule has 1 atom stereocenters. The molecule has 0 saturated carbocycles. The minimum Gasteiger partial charge on any atom is -0.337 e. The van der Waals surface area contributed by atoms with Gasteiger partial charge in [-0.3, -0.25) is 0 Å². The lowest BCUT2D eigenvalue weighted by Crippen LogP contribution is -2.12. The van der Waals surface area contributed by atoms with Gasteiger partial charge in [-0.1, -0.05) is 60.2 Å². The molecule has 0 saturated heterocycles. The molecule has 0 spiro atoms. The van der Waals surface area contributed by atoms with E-state index < -0.39 is 0 Å². The van der Waals surface area contributed by atoms with Gasteiger partial charge in [0, 0.05) is 18.9 Å². The van der Waals surface area contributed by atoms with Crippen molar-refractivity contribution in [1.29, 1.82) is 0 Å². The summed E-state index contributed by atoms with van der Waals surface area (Å²) < 4.78 is 2.21. The van der Waals surface area contributed by atoms with Gasteiger partial charge in [-0.2, -0.15) is 0 Å². The van der Waals surface area contributed by atoms with Crippen molar-refractivity contribution in [3.63, 3.8) is 0 Å². The molecule has 0 N–H and O–H groups in total. The van der Waals surface area contributed by atoms with Crippen molar-refractivity contribution in [2.24, 2.45) is 5.92 Å². The maximum atomic E-state index is 4.18. The summed E-state index contributed by atoms with van der Waals surface area (Å²) in [4.78, 5) is 4.18. The standard InChI is InChI=1S/C22H26N2/c1-19-7-9-21(10-8-19)12-14-22(17-24-16-15-23-18-24)13-11-20-5-3-2-4-6-20/h2-10,15-16,18,22H,11-14,17H2,1H3. The molecule has 0 bridgehead atoms. The van der Waals surface area contributed by atoms with E-state index in [2.05, 4.69) is 77.3 Å². The summed E-state index contributed by atoms with van der Waals surface area (Å²) >= 11 is 0. The second kappa shape index (κ2) is 8.49. The molecule has 2 aromatic carbocycles. The van der Waals surface area contributed by atoms with Gasteiger partial charge in [-0.05, 0) is 49.7 Å². The summed E-state index contributed by atoms with van der Waals surface area (Å²) in [6.45, 7) is 3.20. The Balaban J connectivity index is 1.59. The first kappa shape index (κ1) is 16.5. The SMILES string of the molecule is Cc1ccc(CCC(CCc2ccccc2)Cn2ccnc2)cc1. The normalized spacial score (nSPS) is 12.2. The second-order valence-electron chi connectivity index (χ2n) is 6.67. The van der Waals surface area contributed by atoms with E-state index in [-0.39, 0.29) is 0 Å². The van der Waals surface area contributed by atoms with Crippen molar-refractivity contribution in [3.05, 3.63) is 90.0 Å². The van der Waals surface area contributed by atoms with Gasteiger partial charge in [0.25, 0.3) is 0 Å². The largest absolute Gasteiger partial charge is 0.337 e. The molecular formula is C22H26N2. The van der Waals surface area contributed by atoms with Crippen molar-refractivity contribution in [2.45, 2.75) is 39.2 Å². The van der Waals surface area contributed by atoms with E-state index in [9.17, 15) is 0 Å². The number of benzene rings is 2. The Hall–Kier alpha value is -2.35. The Morgan fingerprint density at radius 3 is 2.17 bits per heavy atom. The molecule has 2 heteroatoms. The summed E-state index contributed by atoms with van der Waals surface area (Å²) in [5, 5.41) is 0. The molecular weight excluding hydrogens is 292 g/mol. The van der Waals surface area contributed by atoms with Crippen molar-refractivity contribution in [3.8, 4) is 0 Å². The molecule has 1 unspecified atom stereocenters. The molecule has 0 fully saturated rings. The van der Waals surface area contributed by atoms with E-state index in [1.165, 1.54) is 29.5 Å². The molecule has 0 aliphatic rings. The first-order chi connectivity index (χ1) is 11.8. The highest BCUT2D eigenvalue weighted by Crippen LogP contribution is 2.19. The van der Waals surface area contributed by atoms with Crippen LogP contribution in [0.3, 0.4) is 0 Å². The number of hydrogen-bond acceptors (Lipinski definition) is 1. The Bertz CT molecular complexity index is 699. The van der Waals surface area contributed by atoms with E-state index in [4.69, 9.17) is 0 Å². The summed E-state index contributed by atoms with van der Waals surface area (Å²) in [5.41, 5.74) is 4.21. The minimum atomic E-state index is 0.667. The quantitative estimate of drug-likeness (QED) is 0.567. The van der Waals surface area contributed by atoms with Gasteiger partial charge < -0.3 is 4.57 Å². The van der Waals surface area contributed by atoms with Gasteiger partial charge >= 0.3 is 0 Å². The van der Waals surface area contributed by atoms with Crippen LogP contribution >= 0.6 is 0 Å². The van der Waals surface area contributed by atoms with Crippen LogP contribution in [0.15, 0.2) is 73.3 Å². The Morgan fingerprint density at radius 2 is 1.54 bits per heavy atom. The third-order valence-corrected chi connectivity index (χ3v) is 4.67. The zero-order valence-corrected chi connectivity index (χ0v) is 14.4. The van der Waals surface area contributed by atoms with Crippen LogP contribution in [-0.2, 0) is 19.4 Å². The highest BCUT2D eigenvalue weighted by molar-refractivity contribution is 5.21. The van der Waals surface area contributed by atoms with Gasteiger partial charge in [0.2, 0.25) is 0 Å². The smallest absolute Gasteiger partial charge is 0.0945 e. The van der Waals surface area contributed by atoms with Gasteiger partial charge in [0.05, 0.1) is 6.33 Å². The Kier molecular flexibility index (Phi) is 5.84. The number of hydrogen-bond donors (Lipinski definition) is 0. The first-order valence-electron chi connectivity index (χ1n) is 8.85. The molecule has 0 amide bonds. The third kappa shape index (κ3) is 5.09. The maximum Gasteiger partial charge on any atom is 0.0945 e. The molecule has 0 aliphatic carbocycles. The fourth-order valence-corrected chi connectivity index (χ4v) is 3.16. The zero-order valence-electron chi connectivity index (χ0n) is 14.4. The maximum absolute atomic E-state index is 4.18. The molecule has 24 heavy (non-hydrogen) atoms. The summed E-state index contributed by atoms with van der Waals surface area (Å²) in [6.07, 6.45) is 10.6. The molecule has 3 rings (SSSR count). The number of nitrogens with zero attached hydrogens (tertiary/aromatic N) is 2. The fraction of sp³-hybridized carbons (Fsp3) is 0.318. The highest BCUT2D eigenvalue weighted by atomic mass is 15.0. The molecule has 3 aromatic rings. The van der Waals surface area contributed by atoms with Gasteiger partial charge in [0.15, 0.2) is 0 Å². The van der Waals surface area contributed by atoms with Crippen LogP contribution in [0, 0.1) is 12.8 Å². The van der Waals surface area contributed by atoms with Crippen LogP contribution in [-0.4, -0.2) is 9.55 Å².